The zero-order chi connectivity index (χ0) is 47.7. The van der Waals surface area contributed by atoms with Crippen LogP contribution in [0.5, 0.6) is 0 Å². The molecule has 7 aromatic carbocycles. The summed E-state index contributed by atoms with van der Waals surface area (Å²) in [5.74, 6) is 0. The van der Waals surface area contributed by atoms with Crippen LogP contribution >= 0.6 is 0 Å². The molecule has 1 atom stereocenters. The SMILES string of the molecule is Cc1cc2c(c3c1N1c4cc(N(c5ccccc5)c5ccccc5)cc5c4B(c4ccc6c(c41)C3(C)CCC6(C)C)c1oc3ccccc3c1N5c1ccc(C(C)(C)C)cc1)C(C)(C)CCC2(C)C. The molecule has 4 heterocycles. The van der Waals surface area contributed by atoms with Gasteiger partial charge < -0.3 is 19.1 Å². The molecular weight excluding hydrogens is 838 g/mol. The van der Waals surface area contributed by atoms with Gasteiger partial charge in [-0.15, -0.1) is 0 Å². The predicted molar refractivity (Wildman–Crippen MR) is 292 cm³/mol. The third-order valence-corrected chi connectivity index (χ3v) is 17.6. The van der Waals surface area contributed by atoms with Gasteiger partial charge in [0.2, 0.25) is 0 Å². The molecule has 0 fully saturated rings. The van der Waals surface area contributed by atoms with E-state index in [-0.39, 0.29) is 33.8 Å². The van der Waals surface area contributed by atoms with E-state index in [1.807, 2.05) is 0 Å². The van der Waals surface area contributed by atoms with Crippen molar-refractivity contribution in [2.24, 2.45) is 0 Å². The van der Waals surface area contributed by atoms with E-state index in [1.165, 1.54) is 62.3 Å². The van der Waals surface area contributed by atoms with Gasteiger partial charge in [-0.25, -0.2) is 0 Å². The van der Waals surface area contributed by atoms with Gasteiger partial charge in [0, 0.05) is 44.9 Å². The summed E-state index contributed by atoms with van der Waals surface area (Å²) < 4.78 is 7.38. The second-order valence-electron chi connectivity index (χ2n) is 24.4. The van der Waals surface area contributed by atoms with E-state index in [2.05, 4.69) is 230 Å². The molecule has 1 aromatic heterocycles. The van der Waals surface area contributed by atoms with Gasteiger partial charge in [-0.1, -0.05) is 148 Å². The van der Waals surface area contributed by atoms with Crippen LogP contribution in [0.3, 0.4) is 0 Å². The van der Waals surface area contributed by atoms with E-state index in [1.54, 1.807) is 16.7 Å². The molecule has 5 aliphatic rings. The van der Waals surface area contributed by atoms with Gasteiger partial charge in [0.1, 0.15) is 5.58 Å². The minimum Gasteiger partial charge on any atom is -0.468 e. The van der Waals surface area contributed by atoms with Crippen molar-refractivity contribution >= 4 is 85.5 Å². The van der Waals surface area contributed by atoms with Crippen LogP contribution in [-0.4, -0.2) is 6.71 Å². The number of fused-ring (bicyclic) bond motifs is 11. The topological polar surface area (TPSA) is 22.9 Å². The first-order valence-corrected chi connectivity index (χ1v) is 25.6. The van der Waals surface area contributed by atoms with Crippen molar-refractivity contribution < 1.29 is 4.42 Å². The van der Waals surface area contributed by atoms with Crippen LogP contribution in [0, 0.1) is 6.92 Å². The number of furan rings is 1. The third-order valence-electron chi connectivity index (χ3n) is 17.6. The smallest absolute Gasteiger partial charge is 0.297 e. The van der Waals surface area contributed by atoms with Gasteiger partial charge in [0.25, 0.3) is 6.71 Å². The Balaban J connectivity index is 1.22. The molecule has 13 rings (SSSR count). The number of rotatable bonds is 4. The van der Waals surface area contributed by atoms with Gasteiger partial charge in [-0.05, 0) is 165 Å². The third kappa shape index (κ3) is 5.83. The van der Waals surface area contributed by atoms with Crippen molar-refractivity contribution in [3.8, 4) is 0 Å². The standard InChI is InChI=1S/C64H64BN3O/c1-39-36-47-52(63(9,10)33-32-62(47,7)8)54-56(39)68-50-38-44(66(41-20-14-12-15-21-41)42-22-16-13-17-23-42)37-49-55(50)65(48-31-30-46-53(58(48)68)64(54,11)35-34-61(46,5)6)59-57(45-24-18-19-25-51(45)69-59)67(49)43-28-26-40(27-29-43)60(2,3)4/h12-31,36-38H,32-35H2,1-11H3. The molecule has 3 aliphatic heterocycles. The van der Waals surface area contributed by atoms with Crippen molar-refractivity contribution in [2.75, 3.05) is 14.7 Å². The predicted octanol–water partition coefficient (Wildman–Crippen LogP) is 15.6. The molecule has 5 heteroatoms. The van der Waals surface area contributed by atoms with E-state index >= 15 is 0 Å². The maximum atomic E-state index is 7.38. The molecule has 0 spiro atoms. The summed E-state index contributed by atoms with van der Waals surface area (Å²) in [5, 5.41) is 1.13. The molecule has 69 heavy (non-hydrogen) atoms. The van der Waals surface area contributed by atoms with Crippen LogP contribution < -0.4 is 31.3 Å². The van der Waals surface area contributed by atoms with Crippen molar-refractivity contribution in [2.45, 2.75) is 129 Å². The molecular formula is C64H64BN3O. The monoisotopic (exact) mass is 902 g/mol. The Kier molecular flexibility index (Phi) is 8.70. The van der Waals surface area contributed by atoms with Gasteiger partial charge >= 0.3 is 0 Å². The molecule has 344 valence electrons. The Morgan fingerprint density at radius 3 is 1.80 bits per heavy atom. The lowest BCUT2D eigenvalue weighted by Crippen LogP contribution is -2.62. The van der Waals surface area contributed by atoms with Crippen LogP contribution in [0.2, 0.25) is 0 Å². The Labute approximate surface area is 410 Å². The van der Waals surface area contributed by atoms with Crippen LogP contribution in [0.1, 0.15) is 134 Å². The highest BCUT2D eigenvalue weighted by Gasteiger charge is 2.57. The van der Waals surface area contributed by atoms with Crippen molar-refractivity contribution in [3.63, 3.8) is 0 Å². The first-order chi connectivity index (χ1) is 32.9. The summed E-state index contributed by atoms with van der Waals surface area (Å²) in [7, 11) is 0. The van der Waals surface area contributed by atoms with E-state index in [0.717, 1.165) is 64.3 Å². The van der Waals surface area contributed by atoms with Gasteiger partial charge in [0.15, 0.2) is 0 Å². The molecule has 4 nitrogen and oxygen atoms in total. The summed E-state index contributed by atoms with van der Waals surface area (Å²) in [4.78, 5) is 7.81. The van der Waals surface area contributed by atoms with E-state index in [9.17, 15) is 0 Å². The molecule has 2 aliphatic carbocycles. The van der Waals surface area contributed by atoms with Crippen LogP contribution in [0.25, 0.3) is 11.0 Å². The summed E-state index contributed by atoms with van der Waals surface area (Å²) in [6.07, 6.45) is 4.58. The van der Waals surface area contributed by atoms with Crippen LogP contribution in [-0.2, 0) is 27.1 Å². The number of para-hydroxylation sites is 3. The molecule has 0 bridgehead atoms. The first kappa shape index (κ1) is 42.6. The summed E-state index contributed by atoms with van der Waals surface area (Å²) in [5.41, 5.74) is 25.6. The average Bonchev–Trinajstić information content (AvgIpc) is 3.71. The quantitative estimate of drug-likeness (QED) is 0.164. The zero-order valence-corrected chi connectivity index (χ0v) is 42.4. The molecule has 0 N–H and O–H groups in total. The number of anilines is 9. The Bertz CT molecular complexity index is 3410. The number of benzene rings is 7. The second-order valence-corrected chi connectivity index (χ2v) is 24.4. The highest BCUT2D eigenvalue weighted by molar-refractivity contribution is 7.00. The molecule has 8 aromatic rings. The lowest BCUT2D eigenvalue weighted by atomic mass is 9.34. The van der Waals surface area contributed by atoms with Crippen molar-refractivity contribution in [3.05, 3.63) is 178 Å². The van der Waals surface area contributed by atoms with Crippen molar-refractivity contribution in [1.29, 1.82) is 0 Å². The van der Waals surface area contributed by atoms with E-state index in [0.29, 0.717) is 0 Å². The Morgan fingerprint density at radius 1 is 0.536 bits per heavy atom. The van der Waals surface area contributed by atoms with Crippen LogP contribution in [0.15, 0.2) is 144 Å². The van der Waals surface area contributed by atoms with Gasteiger partial charge in [-0.3, -0.25) is 0 Å². The van der Waals surface area contributed by atoms with E-state index in [4.69, 9.17) is 4.42 Å². The fraction of sp³-hybridized carbons (Fsp3) is 0.312. The number of nitrogens with zero attached hydrogens (tertiary/aromatic N) is 3. The molecule has 0 saturated heterocycles. The average molecular weight is 902 g/mol. The highest BCUT2D eigenvalue weighted by Crippen LogP contribution is 2.65. The number of hydrogen-bond donors (Lipinski definition) is 0. The summed E-state index contributed by atoms with van der Waals surface area (Å²) in [6, 6.07) is 52.7. The first-order valence-electron chi connectivity index (χ1n) is 25.6. The minimum atomic E-state index is -0.201. The van der Waals surface area contributed by atoms with Crippen LogP contribution in [0.4, 0.5) is 51.2 Å². The largest absolute Gasteiger partial charge is 0.468 e. The normalized spacial score (nSPS) is 19.6. The highest BCUT2D eigenvalue weighted by atomic mass is 16.3. The van der Waals surface area contributed by atoms with Crippen molar-refractivity contribution in [1.82, 2.24) is 0 Å². The maximum absolute atomic E-state index is 7.38. The Hall–Kier alpha value is -6.46. The maximum Gasteiger partial charge on any atom is 0.297 e. The van der Waals surface area contributed by atoms with Gasteiger partial charge in [-0.2, -0.15) is 0 Å². The Morgan fingerprint density at radius 2 is 1.13 bits per heavy atom. The molecule has 0 saturated carbocycles. The zero-order valence-electron chi connectivity index (χ0n) is 42.4. The lowest BCUT2D eigenvalue weighted by molar-refractivity contribution is 0.311. The molecule has 1 unspecified atom stereocenters. The number of hydrogen-bond acceptors (Lipinski definition) is 4. The van der Waals surface area contributed by atoms with Gasteiger partial charge in [0.05, 0.1) is 22.7 Å². The fourth-order valence-corrected chi connectivity index (χ4v) is 13.8. The molecule has 0 amide bonds. The lowest BCUT2D eigenvalue weighted by Gasteiger charge is -2.57. The van der Waals surface area contributed by atoms with E-state index < -0.39 is 0 Å². The number of aryl methyl sites for hydroxylation is 1. The minimum absolute atomic E-state index is 0.00350. The second kappa shape index (κ2) is 14.1. The molecule has 0 radical (unpaired) electrons. The fourth-order valence-electron chi connectivity index (χ4n) is 13.8. The summed E-state index contributed by atoms with van der Waals surface area (Å²) in [6.45, 7) is 26.9. The summed E-state index contributed by atoms with van der Waals surface area (Å²) >= 11 is 0.